The Bertz CT molecular complexity index is 312. The second kappa shape index (κ2) is 3.60. The van der Waals surface area contributed by atoms with E-state index in [0.29, 0.717) is 5.95 Å². The Morgan fingerprint density at radius 3 is 2.54 bits per heavy atom. The van der Waals surface area contributed by atoms with Crippen molar-refractivity contribution >= 4 is 5.95 Å². The van der Waals surface area contributed by atoms with E-state index in [-0.39, 0.29) is 11.5 Å². The van der Waals surface area contributed by atoms with E-state index in [1.807, 2.05) is 27.9 Å². The van der Waals surface area contributed by atoms with Crippen molar-refractivity contribution in [3.8, 4) is 0 Å². The van der Waals surface area contributed by atoms with Gasteiger partial charge in [0.05, 0.1) is 5.69 Å². The molecule has 1 aromatic heterocycles. The van der Waals surface area contributed by atoms with E-state index < -0.39 is 0 Å². The summed E-state index contributed by atoms with van der Waals surface area (Å²) in [6.07, 6.45) is 0. The third-order valence-corrected chi connectivity index (χ3v) is 1.76. The second-order valence-electron chi connectivity index (χ2n) is 3.54. The summed E-state index contributed by atoms with van der Waals surface area (Å²) < 4.78 is 0. The topological polar surface area (TPSA) is 49.0 Å². The minimum Gasteiger partial charge on any atom is -0.348 e. The first-order chi connectivity index (χ1) is 6.00. The highest BCUT2D eigenvalue weighted by molar-refractivity contribution is 5.27. The highest BCUT2D eigenvalue weighted by atomic mass is 16.1. The number of H-pyrrole nitrogens is 1. The third kappa shape index (κ3) is 2.31. The monoisotopic (exact) mass is 181 g/mol. The van der Waals surface area contributed by atoms with Gasteiger partial charge in [-0.05, 0) is 5.92 Å². The molecule has 0 radical (unpaired) electrons. The van der Waals surface area contributed by atoms with Crippen LogP contribution in [0, 0.1) is 0 Å². The minimum absolute atomic E-state index is 0.0950. The first-order valence-electron chi connectivity index (χ1n) is 4.29. The van der Waals surface area contributed by atoms with Crippen molar-refractivity contribution in [2.45, 2.75) is 19.8 Å². The van der Waals surface area contributed by atoms with Crippen molar-refractivity contribution in [2.24, 2.45) is 0 Å². The Balaban J connectivity index is 3.19. The maximum Gasteiger partial charge on any atom is 0.252 e. The number of nitrogens with zero attached hydrogens (tertiary/aromatic N) is 2. The molecule has 72 valence electrons. The number of hydrogen-bond donors (Lipinski definition) is 1. The van der Waals surface area contributed by atoms with Gasteiger partial charge >= 0.3 is 0 Å². The van der Waals surface area contributed by atoms with Crippen LogP contribution in [-0.4, -0.2) is 24.1 Å². The number of nitrogens with one attached hydrogen (secondary N) is 1. The molecule has 0 amide bonds. The van der Waals surface area contributed by atoms with Gasteiger partial charge in [-0.15, -0.1) is 0 Å². The van der Waals surface area contributed by atoms with Crippen LogP contribution in [0.25, 0.3) is 0 Å². The molecule has 0 spiro atoms. The van der Waals surface area contributed by atoms with Crippen LogP contribution in [0.3, 0.4) is 0 Å². The molecule has 0 saturated heterocycles. The molecule has 0 fully saturated rings. The fraction of sp³-hybridized carbons (Fsp3) is 0.556. The fourth-order valence-electron chi connectivity index (χ4n) is 0.971. The predicted octanol–water partition coefficient (Wildman–Crippen LogP) is 0.959. The molecule has 4 nitrogen and oxygen atoms in total. The molecule has 0 unspecified atom stereocenters. The van der Waals surface area contributed by atoms with Crippen molar-refractivity contribution in [2.75, 3.05) is 19.0 Å². The van der Waals surface area contributed by atoms with E-state index in [0.717, 1.165) is 5.69 Å². The van der Waals surface area contributed by atoms with Crippen LogP contribution < -0.4 is 10.5 Å². The minimum atomic E-state index is -0.0950. The summed E-state index contributed by atoms with van der Waals surface area (Å²) in [5.41, 5.74) is 0.731. The largest absolute Gasteiger partial charge is 0.348 e. The Morgan fingerprint density at radius 2 is 2.08 bits per heavy atom. The van der Waals surface area contributed by atoms with E-state index in [2.05, 4.69) is 9.97 Å². The van der Waals surface area contributed by atoms with Crippen molar-refractivity contribution in [1.82, 2.24) is 9.97 Å². The lowest BCUT2D eigenvalue weighted by atomic mass is 10.1. The van der Waals surface area contributed by atoms with E-state index in [9.17, 15) is 4.79 Å². The molecule has 1 rings (SSSR count). The smallest absolute Gasteiger partial charge is 0.252 e. The summed E-state index contributed by atoms with van der Waals surface area (Å²) in [6.45, 7) is 4.03. The summed E-state index contributed by atoms with van der Waals surface area (Å²) in [5, 5.41) is 0. The van der Waals surface area contributed by atoms with Crippen molar-refractivity contribution in [1.29, 1.82) is 0 Å². The molecular weight excluding hydrogens is 166 g/mol. The first-order valence-corrected chi connectivity index (χ1v) is 4.29. The summed E-state index contributed by atoms with van der Waals surface area (Å²) in [4.78, 5) is 19.9. The molecule has 1 heterocycles. The summed E-state index contributed by atoms with van der Waals surface area (Å²) in [6, 6.07) is 1.54. The zero-order chi connectivity index (χ0) is 10.0. The van der Waals surface area contributed by atoms with E-state index >= 15 is 0 Å². The summed E-state index contributed by atoms with van der Waals surface area (Å²) in [5.74, 6) is 0.886. The van der Waals surface area contributed by atoms with Gasteiger partial charge < -0.3 is 4.90 Å². The maximum atomic E-state index is 11.2. The van der Waals surface area contributed by atoms with Gasteiger partial charge in [-0.3, -0.25) is 9.78 Å². The molecular formula is C9H15N3O. The number of aromatic nitrogens is 2. The van der Waals surface area contributed by atoms with Gasteiger partial charge in [0.1, 0.15) is 0 Å². The number of aromatic amines is 1. The average Bonchev–Trinajstić information content (AvgIpc) is 2.03. The highest BCUT2D eigenvalue weighted by Crippen LogP contribution is 2.10. The lowest BCUT2D eigenvalue weighted by Crippen LogP contribution is -2.19. The van der Waals surface area contributed by atoms with Crippen LogP contribution in [0.5, 0.6) is 0 Å². The molecule has 0 aromatic carbocycles. The van der Waals surface area contributed by atoms with Gasteiger partial charge in [0.25, 0.3) is 5.56 Å². The van der Waals surface area contributed by atoms with Gasteiger partial charge in [0.15, 0.2) is 0 Å². The van der Waals surface area contributed by atoms with E-state index in [4.69, 9.17) is 0 Å². The molecule has 1 aromatic rings. The van der Waals surface area contributed by atoms with Crippen LogP contribution in [-0.2, 0) is 0 Å². The molecule has 0 atom stereocenters. The zero-order valence-electron chi connectivity index (χ0n) is 8.46. The quantitative estimate of drug-likeness (QED) is 0.739. The van der Waals surface area contributed by atoms with Crippen molar-refractivity contribution in [3.05, 3.63) is 22.1 Å². The average molecular weight is 181 g/mol. The SMILES string of the molecule is CC(C)c1cc(=O)[nH]c(N(C)C)n1. The third-order valence-electron chi connectivity index (χ3n) is 1.76. The normalized spacial score (nSPS) is 10.5. The Kier molecular flexibility index (Phi) is 2.70. The van der Waals surface area contributed by atoms with Gasteiger partial charge in [-0.1, -0.05) is 13.8 Å². The van der Waals surface area contributed by atoms with Crippen LogP contribution in [0.2, 0.25) is 0 Å². The van der Waals surface area contributed by atoms with Crippen molar-refractivity contribution in [3.63, 3.8) is 0 Å². The predicted molar refractivity (Wildman–Crippen MR) is 53.3 cm³/mol. The zero-order valence-corrected chi connectivity index (χ0v) is 8.46. The molecule has 0 aliphatic heterocycles. The lowest BCUT2D eigenvalue weighted by molar-refractivity contribution is 0.801. The maximum absolute atomic E-state index is 11.2. The van der Waals surface area contributed by atoms with Crippen LogP contribution in [0.4, 0.5) is 5.95 Å². The van der Waals surface area contributed by atoms with Crippen LogP contribution >= 0.6 is 0 Å². The molecule has 0 aliphatic rings. The standard InChI is InChI=1S/C9H15N3O/c1-6(2)7-5-8(13)11-9(10-7)12(3)4/h5-6H,1-4H3,(H,10,11,13). The highest BCUT2D eigenvalue weighted by Gasteiger charge is 2.05. The number of anilines is 1. The number of hydrogen-bond acceptors (Lipinski definition) is 3. The Labute approximate surface area is 77.6 Å². The molecule has 4 heteroatoms. The fourth-order valence-corrected chi connectivity index (χ4v) is 0.971. The van der Waals surface area contributed by atoms with E-state index in [1.54, 1.807) is 4.90 Å². The molecule has 1 N–H and O–H groups in total. The Hall–Kier alpha value is -1.32. The van der Waals surface area contributed by atoms with Gasteiger partial charge in [-0.25, -0.2) is 4.98 Å². The molecule has 13 heavy (non-hydrogen) atoms. The van der Waals surface area contributed by atoms with Gasteiger partial charge in [0.2, 0.25) is 5.95 Å². The molecule has 0 bridgehead atoms. The van der Waals surface area contributed by atoms with Crippen LogP contribution in [0.1, 0.15) is 25.5 Å². The lowest BCUT2D eigenvalue weighted by Gasteiger charge is -2.12. The second-order valence-corrected chi connectivity index (χ2v) is 3.54. The summed E-state index contributed by atoms with van der Waals surface area (Å²) >= 11 is 0. The first kappa shape index (κ1) is 9.77. The van der Waals surface area contributed by atoms with Gasteiger partial charge in [0, 0.05) is 20.2 Å². The number of rotatable bonds is 2. The molecule has 0 saturated carbocycles. The molecule has 0 aliphatic carbocycles. The Morgan fingerprint density at radius 1 is 1.46 bits per heavy atom. The van der Waals surface area contributed by atoms with E-state index in [1.165, 1.54) is 6.07 Å². The summed E-state index contributed by atoms with van der Waals surface area (Å²) in [7, 11) is 3.70. The van der Waals surface area contributed by atoms with Crippen molar-refractivity contribution < 1.29 is 0 Å². The van der Waals surface area contributed by atoms with Crippen LogP contribution in [0.15, 0.2) is 10.9 Å². The van der Waals surface area contributed by atoms with Gasteiger partial charge in [-0.2, -0.15) is 0 Å².